The molecule has 1 amide bonds. The molecule has 6 heteroatoms. The van der Waals surface area contributed by atoms with Crippen molar-refractivity contribution in [3.8, 4) is 0 Å². The van der Waals surface area contributed by atoms with Crippen molar-refractivity contribution in [3.05, 3.63) is 12.3 Å². The third-order valence-corrected chi connectivity index (χ3v) is 2.41. The first-order valence-corrected chi connectivity index (χ1v) is 6.23. The number of aromatic nitrogens is 2. The summed E-state index contributed by atoms with van der Waals surface area (Å²) in [5, 5.41) is 5.69. The smallest absolute Gasteiger partial charge is 0.239 e. The van der Waals surface area contributed by atoms with Crippen LogP contribution in [0.3, 0.4) is 0 Å². The Bertz CT molecular complexity index is 382. The molecule has 1 aromatic rings. The lowest BCUT2D eigenvalue weighted by atomic mass is 10.3. The largest absolute Gasteiger partial charge is 0.358 e. The molecule has 0 aliphatic rings. The van der Waals surface area contributed by atoms with Gasteiger partial charge in [-0.3, -0.25) is 4.79 Å². The van der Waals surface area contributed by atoms with Crippen LogP contribution in [-0.4, -0.2) is 42.6 Å². The molecule has 0 radical (unpaired) electrons. The van der Waals surface area contributed by atoms with Gasteiger partial charge in [0.05, 0.1) is 6.54 Å². The maximum absolute atomic E-state index is 11.5. The summed E-state index contributed by atoms with van der Waals surface area (Å²) in [6.07, 6.45) is 2.66. The number of hydrogen-bond donors (Lipinski definition) is 2. The Morgan fingerprint density at radius 1 is 1.44 bits per heavy atom. The van der Waals surface area contributed by atoms with E-state index < -0.39 is 0 Å². The number of nitrogens with one attached hydrogen (secondary N) is 2. The zero-order valence-electron chi connectivity index (χ0n) is 11.2. The van der Waals surface area contributed by atoms with Gasteiger partial charge in [0.15, 0.2) is 0 Å². The van der Waals surface area contributed by atoms with E-state index in [1.54, 1.807) is 13.2 Å². The first-order chi connectivity index (χ1) is 8.71. The highest BCUT2D eigenvalue weighted by Gasteiger charge is 2.11. The van der Waals surface area contributed by atoms with Gasteiger partial charge in [0.2, 0.25) is 11.9 Å². The summed E-state index contributed by atoms with van der Waals surface area (Å²) in [6.45, 7) is 5.93. The van der Waals surface area contributed by atoms with Crippen LogP contribution >= 0.6 is 0 Å². The summed E-state index contributed by atoms with van der Waals surface area (Å²) in [5.41, 5.74) is 0. The fraction of sp³-hybridized carbons (Fsp3) is 0.583. The first-order valence-electron chi connectivity index (χ1n) is 6.23. The molecule has 1 aromatic heterocycles. The Balaban J connectivity index is 2.83. The molecule has 1 rings (SSSR count). The van der Waals surface area contributed by atoms with Crippen LogP contribution < -0.4 is 15.5 Å². The van der Waals surface area contributed by atoms with Gasteiger partial charge in [-0.2, -0.15) is 4.98 Å². The normalized spacial score (nSPS) is 9.94. The number of nitrogens with zero attached hydrogens (tertiary/aromatic N) is 3. The predicted molar refractivity (Wildman–Crippen MR) is 72.8 cm³/mol. The topological polar surface area (TPSA) is 70.2 Å². The Morgan fingerprint density at radius 2 is 2.22 bits per heavy atom. The summed E-state index contributed by atoms with van der Waals surface area (Å²) in [4.78, 5) is 21.9. The van der Waals surface area contributed by atoms with Crippen molar-refractivity contribution in [1.82, 2.24) is 15.3 Å². The highest BCUT2D eigenvalue weighted by atomic mass is 16.1. The second-order valence-electron chi connectivity index (χ2n) is 3.86. The number of carbonyl (C=O) groups is 1. The summed E-state index contributed by atoms with van der Waals surface area (Å²) < 4.78 is 0. The first kappa shape index (κ1) is 14.2. The molecule has 1 heterocycles. The number of amides is 1. The highest BCUT2D eigenvalue weighted by molar-refractivity contribution is 5.80. The lowest BCUT2D eigenvalue weighted by Gasteiger charge is -2.22. The quantitative estimate of drug-likeness (QED) is 0.752. The predicted octanol–water partition coefficient (Wildman–Crippen LogP) is 0.871. The SMILES string of the molecule is CCCN(CC(=O)NC)c1ccnc(NCC)n1. The average molecular weight is 251 g/mol. The average Bonchev–Trinajstić information content (AvgIpc) is 2.39. The second kappa shape index (κ2) is 7.47. The fourth-order valence-electron chi connectivity index (χ4n) is 1.57. The van der Waals surface area contributed by atoms with Gasteiger partial charge in [-0.15, -0.1) is 0 Å². The zero-order valence-corrected chi connectivity index (χ0v) is 11.2. The van der Waals surface area contributed by atoms with E-state index in [2.05, 4.69) is 27.5 Å². The molecule has 0 fully saturated rings. The molecule has 0 atom stereocenters. The van der Waals surface area contributed by atoms with Gasteiger partial charge in [0.1, 0.15) is 5.82 Å². The van der Waals surface area contributed by atoms with Gasteiger partial charge < -0.3 is 15.5 Å². The van der Waals surface area contributed by atoms with E-state index in [1.807, 2.05) is 17.9 Å². The molecule has 6 nitrogen and oxygen atoms in total. The number of anilines is 2. The molecule has 2 N–H and O–H groups in total. The maximum Gasteiger partial charge on any atom is 0.239 e. The molecule has 0 unspecified atom stereocenters. The van der Waals surface area contributed by atoms with Crippen molar-refractivity contribution in [3.63, 3.8) is 0 Å². The molecule has 0 saturated carbocycles. The molecule has 0 aliphatic carbocycles. The van der Waals surface area contributed by atoms with Crippen LogP contribution in [0.1, 0.15) is 20.3 Å². The summed E-state index contributed by atoms with van der Waals surface area (Å²) in [5.74, 6) is 1.34. The molecular formula is C12H21N5O. The Kier molecular flexibility index (Phi) is 5.90. The van der Waals surface area contributed by atoms with Gasteiger partial charge >= 0.3 is 0 Å². The van der Waals surface area contributed by atoms with E-state index >= 15 is 0 Å². The number of carbonyl (C=O) groups excluding carboxylic acids is 1. The van der Waals surface area contributed by atoms with Crippen molar-refractivity contribution >= 4 is 17.7 Å². The molecule has 18 heavy (non-hydrogen) atoms. The van der Waals surface area contributed by atoms with E-state index in [-0.39, 0.29) is 5.91 Å². The summed E-state index contributed by atoms with van der Waals surface area (Å²) >= 11 is 0. The minimum absolute atomic E-state index is 0.0212. The van der Waals surface area contributed by atoms with Crippen LogP contribution in [0.15, 0.2) is 12.3 Å². The third-order valence-electron chi connectivity index (χ3n) is 2.41. The minimum Gasteiger partial charge on any atom is -0.358 e. The second-order valence-corrected chi connectivity index (χ2v) is 3.86. The van der Waals surface area contributed by atoms with Crippen LogP contribution in [0.25, 0.3) is 0 Å². The van der Waals surface area contributed by atoms with Gasteiger partial charge in [-0.05, 0) is 19.4 Å². The van der Waals surface area contributed by atoms with Gasteiger partial charge in [-0.25, -0.2) is 4.98 Å². The van der Waals surface area contributed by atoms with E-state index in [9.17, 15) is 4.79 Å². The Hall–Kier alpha value is -1.85. The standard InChI is InChI=1S/C12H21N5O/c1-4-8-17(9-11(18)13-3)10-6-7-15-12(16-10)14-5-2/h6-7H,4-5,8-9H2,1-3H3,(H,13,18)(H,14,15,16). The van der Waals surface area contributed by atoms with Crippen molar-refractivity contribution in [2.24, 2.45) is 0 Å². The molecule has 0 aliphatic heterocycles. The lowest BCUT2D eigenvalue weighted by Crippen LogP contribution is -2.36. The number of likely N-dealkylation sites (N-methyl/N-ethyl adjacent to an activating group) is 1. The van der Waals surface area contributed by atoms with E-state index in [1.165, 1.54) is 0 Å². The molecule has 0 aromatic carbocycles. The zero-order chi connectivity index (χ0) is 13.4. The van der Waals surface area contributed by atoms with Crippen LogP contribution in [0.5, 0.6) is 0 Å². The summed E-state index contributed by atoms with van der Waals surface area (Å²) in [7, 11) is 1.64. The van der Waals surface area contributed by atoms with Gasteiger partial charge in [0, 0.05) is 26.3 Å². The van der Waals surface area contributed by atoms with Crippen LogP contribution in [-0.2, 0) is 4.79 Å². The van der Waals surface area contributed by atoms with E-state index in [0.717, 1.165) is 25.3 Å². The maximum atomic E-state index is 11.5. The number of rotatable bonds is 7. The molecular weight excluding hydrogens is 230 g/mol. The van der Waals surface area contributed by atoms with E-state index in [4.69, 9.17) is 0 Å². The van der Waals surface area contributed by atoms with E-state index in [0.29, 0.717) is 12.5 Å². The lowest BCUT2D eigenvalue weighted by molar-refractivity contribution is -0.119. The summed E-state index contributed by atoms with van der Waals surface area (Å²) in [6, 6.07) is 1.82. The number of hydrogen-bond acceptors (Lipinski definition) is 5. The van der Waals surface area contributed by atoms with Gasteiger partial charge in [0.25, 0.3) is 0 Å². The van der Waals surface area contributed by atoms with Crippen molar-refractivity contribution < 1.29 is 4.79 Å². The molecule has 0 spiro atoms. The third kappa shape index (κ3) is 4.20. The van der Waals surface area contributed by atoms with Crippen LogP contribution in [0.4, 0.5) is 11.8 Å². The van der Waals surface area contributed by atoms with Crippen molar-refractivity contribution in [1.29, 1.82) is 0 Å². The highest BCUT2D eigenvalue weighted by Crippen LogP contribution is 2.12. The Labute approximate surface area is 108 Å². The Morgan fingerprint density at radius 3 is 2.83 bits per heavy atom. The van der Waals surface area contributed by atoms with Gasteiger partial charge in [-0.1, -0.05) is 6.92 Å². The molecule has 0 saturated heterocycles. The van der Waals surface area contributed by atoms with Crippen molar-refractivity contribution in [2.75, 3.05) is 36.9 Å². The fourth-order valence-corrected chi connectivity index (χ4v) is 1.57. The molecule has 0 bridgehead atoms. The van der Waals surface area contributed by atoms with Crippen LogP contribution in [0.2, 0.25) is 0 Å². The van der Waals surface area contributed by atoms with Crippen LogP contribution in [0, 0.1) is 0 Å². The van der Waals surface area contributed by atoms with Crippen molar-refractivity contribution in [2.45, 2.75) is 20.3 Å². The molecule has 100 valence electrons. The monoisotopic (exact) mass is 251 g/mol. The minimum atomic E-state index is -0.0212.